The third-order valence-corrected chi connectivity index (χ3v) is 5.73. The zero-order chi connectivity index (χ0) is 21.3. The van der Waals surface area contributed by atoms with Gasteiger partial charge in [-0.25, -0.2) is 4.39 Å². The highest BCUT2D eigenvalue weighted by Gasteiger charge is 2.34. The van der Waals surface area contributed by atoms with Gasteiger partial charge >= 0.3 is 0 Å². The molecule has 1 N–H and O–H groups in total. The number of rotatable bonds is 3. The van der Waals surface area contributed by atoms with Crippen LogP contribution in [0, 0.1) is 17.1 Å². The third-order valence-electron chi connectivity index (χ3n) is 5.50. The lowest BCUT2D eigenvalue weighted by Crippen LogP contribution is -2.45. The van der Waals surface area contributed by atoms with Crippen molar-refractivity contribution in [3.8, 4) is 6.07 Å². The summed E-state index contributed by atoms with van der Waals surface area (Å²) in [5.74, 6) is -0.850. The van der Waals surface area contributed by atoms with Gasteiger partial charge in [-0.15, -0.1) is 0 Å². The quantitative estimate of drug-likeness (QED) is 0.517. The molecule has 0 saturated heterocycles. The van der Waals surface area contributed by atoms with Crippen molar-refractivity contribution in [3.05, 3.63) is 63.9 Å². The van der Waals surface area contributed by atoms with Crippen LogP contribution < -0.4 is 10.2 Å². The van der Waals surface area contributed by atoms with Crippen molar-refractivity contribution in [2.45, 2.75) is 38.6 Å². The van der Waals surface area contributed by atoms with E-state index in [1.807, 2.05) is 13.1 Å². The second-order valence-electron chi connectivity index (χ2n) is 8.04. The molecule has 3 rings (SSSR count). The van der Waals surface area contributed by atoms with Gasteiger partial charge in [0, 0.05) is 34.5 Å². The van der Waals surface area contributed by atoms with Crippen molar-refractivity contribution in [1.29, 1.82) is 5.26 Å². The van der Waals surface area contributed by atoms with Gasteiger partial charge in [-0.3, -0.25) is 4.79 Å². The Kier molecular flexibility index (Phi) is 5.68. The number of benzene rings is 2. The van der Waals surface area contributed by atoms with E-state index in [0.717, 1.165) is 17.7 Å². The zero-order valence-electron chi connectivity index (χ0n) is 16.9. The SMILES string of the molecule is CC1CC(C)(C)N(C)c2cc(F)c(/C=C(\C#N)C(=O)Nc3cccc(Cl)c3)cc21. The number of nitriles is 1. The molecule has 0 radical (unpaired) electrons. The molecular weight excluding hydrogens is 389 g/mol. The highest BCUT2D eigenvalue weighted by atomic mass is 35.5. The second kappa shape index (κ2) is 7.88. The first-order chi connectivity index (χ1) is 13.6. The fourth-order valence-corrected chi connectivity index (χ4v) is 3.97. The van der Waals surface area contributed by atoms with Crippen molar-refractivity contribution in [3.63, 3.8) is 0 Å². The highest BCUT2D eigenvalue weighted by Crippen LogP contribution is 2.43. The van der Waals surface area contributed by atoms with E-state index in [4.69, 9.17) is 11.6 Å². The van der Waals surface area contributed by atoms with Crippen molar-refractivity contribution in [2.75, 3.05) is 17.3 Å². The van der Waals surface area contributed by atoms with Crippen molar-refractivity contribution in [2.24, 2.45) is 0 Å². The summed E-state index contributed by atoms with van der Waals surface area (Å²) in [4.78, 5) is 14.6. The fraction of sp³-hybridized carbons (Fsp3) is 0.304. The van der Waals surface area contributed by atoms with Gasteiger partial charge in [-0.05, 0) is 68.2 Å². The van der Waals surface area contributed by atoms with Crippen LogP contribution >= 0.6 is 11.6 Å². The van der Waals surface area contributed by atoms with Gasteiger partial charge in [-0.1, -0.05) is 24.6 Å². The number of hydrogen-bond acceptors (Lipinski definition) is 3. The highest BCUT2D eigenvalue weighted by molar-refractivity contribution is 6.31. The van der Waals surface area contributed by atoms with Gasteiger partial charge in [0.2, 0.25) is 0 Å². The van der Waals surface area contributed by atoms with Crippen LogP contribution in [0.15, 0.2) is 42.0 Å². The van der Waals surface area contributed by atoms with Crippen molar-refractivity contribution in [1.82, 2.24) is 0 Å². The molecule has 0 fully saturated rings. The van der Waals surface area contributed by atoms with Gasteiger partial charge in [0.25, 0.3) is 5.91 Å². The second-order valence-corrected chi connectivity index (χ2v) is 8.48. The maximum Gasteiger partial charge on any atom is 0.266 e. The predicted molar refractivity (Wildman–Crippen MR) is 116 cm³/mol. The Bertz CT molecular complexity index is 1040. The third kappa shape index (κ3) is 4.28. The predicted octanol–water partition coefficient (Wildman–Crippen LogP) is 5.75. The maximum absolute atomic E-state index is 14.8. The van der Waals surface area contributed by atoms with Gasteiger partial charge in [0.1, 0.15) is 17.5 Å². The Hall–Kier alpha value is -2.84. The summed E-state index contributed by atoms with van der Waals surface area (Å²) in [5, 5.41) is 12.5. The lowest BCUT2D eigenvalue weighted by Gasteiger charge is -2.45. The van der Waals surface area contributed by atoms with E-state index in [1.165, 1.54) is 12.1 Å². The Morgan fingerprint density at radius 2 is 2.10 bits per heavy atom. The summed E-state index contributed by atoms with van der Waals surface area (Å²) in [5.41, 5.74) is 2.28. The van der Waals surface area contributed by atoms with Crippen LogP contribution in [0.2, 0.25) is 5.02 Å². The molecule has 1 heterocycles. The number of anilines is 2. The molecule has 1 unspecified atom stereocenters. The summed E-state index contributed by atoms with van der Waals surface area (Å²) in [7, 11) is 1.96. The summed E-state index contributed by atoms with van der Waals surface area (Å²) >= 11 is 5.92. The molecule has 0 saturated carbocycles. The molecule has 0 aliphatic carbocycles. The average Bonchev–Trinajstić information content (AvgIpc) is 2.64. The van der Waals surface area contributed by atoms with Gasteiger partial charge in [0.05, 0.1) is 0 Å². The number of nitrogens with one attached hydrogen (secondary N) is 1. The van der Waals surface area contributed by atoms with Crippen LogP contribution in [-0.4, -0.2) is 18.5 Å². The fourth-order valence-electron chi connectivity index (χ4n) is 3.78. The van der Waals surface area contributed by atoms with Gasteiger partial charge in [-0.2, -0.15) is 5.26 Å². The molecule has 6 heteroatoms. The number of halogens is 2. The number of carbonyl (C=O) groups excluding carboxylic acids is 1. The zero-order valence-corrected chi connectivity index (χ0v) is 17.6. The molecule has 29 heavy (non-hydrogen) atoms. The first-order valence-corrected chi connectivity index (χ1v) is 9.76. The molecular formula is C23H23ClFN3O. The molecule has 2 aromatic carbocycles. The molecule has 2 aromatic rings. The standard InChI is InChI=1S/C23H23ClFN3O/c1-14-12-23(2,3)28(4)21-11-20(25)15(9-19(14)21)8-16(13-26)22(29)27-18-7-5-6-17(24)10-18/h5-11,14H,12H2,1-4H3,(H,27,29)/b16-8+. The monoisotopic (exact) mass is 411 g/mol. The number of fused-ring (bicyclic) bond motifs is 1. The first-order valence-electron chi connectivity index (χ1n) is 9.38. The minimum Gasteiger partial charge on any atom is -0.369 e. The van der Waals surface area contributed by atoms with Crippen molar-refractivity contribution >= 4 is 35.0 Å². The van der Waals surface area contributed by atoms with Gasteiger partial charge in [0.15, 0.2) is 0 Å². The number of hydrogen-bond donors (Lipinski definition) is 1. The van der Waals surface area contributed by atoms with Crippen LogP contribution in [0.5, 0.6) is 0 Å². The van der Waals surface area contributed by atoms with E-state index < -0.39 is 11.7 Å². The largest absolute Gasteiger partial charge is 0.369 e. The molecule has 1 amide bonds. The Morgan fingerprint density at radius 1 is 1.38 bits per heavy atom. The molecule has 0 aromatic heterocycles. The van der Waals surface area contributed by atoms with Gasteiger partial charge < -0.3 is 10.2 Å². The van der Waals surface area contributed by atoms with E-state index in [0.29, 0.717) is 10.7 Å². The maximum atomic E-state index is 14.8. The van der Waals surface area contributed by atoms with Crippen LogP contribution in [0.25, 0.3) is 6.08 Å². The van der Waals surface area contributed by atoms with E-state index in [-0.39, 0.29) is 22.6 Å². The van der Waals surface area contributed by atoms with Crippen molar-refractivity contribution < 1.29 is 9.18 Å². The minimum absolute atomic E-state index is 0.0785. The Balaban J connectivity index is 1.95. The van der Waals surface area contributed by atoms with E-state index >= 15 is 0 Å². The summed E-state index contributed by atoms with van der Waals surface area (Å²) in [6.07, 6.45) is 2.22. The Morgan fingerprint density at radius 3 is 2.76 bits per heavy atom. The lowest BCUT2D eigenvalue weighted by molar-refractivity contribution is -0.112. The summed E-state index contributed by atoms with van der Waals surface area (Å²) in [6.45, 7) is 6.37. The van der Waals surface area contributed by atoms with Crippen LogP contribution in [0.3, 0.4) is 0 Å². The topological polar surface area (TPSA) is 56.1 Å². The number of carbonyl (C=O) groups is 1. The van der Waals surface area contributed by atoms with E-state index in [9.17, 15) is 14.4 Å². The number of amides is 1. The normalized spacial score (nSPS) is 18.0. The molecule has 0 spiro atoms. The average molecular weight is 412 g/mol. The lowest BCUT2D eigenvalue weighted by atomic mass is 9.80. The van der Waals surface area contributed by atoms with Crippen LogP contribution in [0.4, 0.5) is 15.8 Å². The minimum atomic E-state index is -0.613. The Labute approximate surface area is 175 Å². The van der Waals surface area contributed by atoms with E-state index in [1.54, 1.807) is 30.3 Å². The summed E-state index contributed by atoms with van der Waals surface area (Å²) in [6, 6.07) is 11.7. The van der Waals surface area contributed by atoms with E-state index in [2.05, 4.69) is 31.0 Å². The molecule has 1 aliphatic rings. The first kappa shape index (κ1) is 20.9. The molecule has 150 valence electrons. The summed E-state index contributed by atoms with van der Waals surface area (Å²) < 4.78 is 14.8. The molecule has 1 aliphatic heterocycles. The van der Waals surface area contributed by atoms with Crippen LogP contribution in [0.1, 0.15) is 44.2 Å². The molecule has 4 nitrogen and oxygen atoms in total. The van der Waals surface area contributed by atoms with Crippen LogP contribution in [-0.2, 0) is 4.79 Å². The number of nitrogens with zero attached hydrogens (tertiary/aromatic N) is 2. The molecule has 1 atom stereocenters. The molecule has 0 bridgehead atoms. The smallest absolute Gasteiger partial charge is 0.266 e.